The summed E-state index contributed by atoms with van der Waals surface area (Å²) in [5.74, 6) is 2.36. The molecule has 1 aliphatic rings. The zero-order valence-electron chi connectivity index (χ0n) is 8.66. The first-order valence-corrected chi connectivity index (χ1v) is 7.05. The Hall–Kier alpha value is -0.390. The maximum absolute atomic E-state index is 11.8. The van der Waals surface area contributed by atoms with E-state index in [-0.39, 0.29) is 5.78 Å². The number of thiazole rings is 1. The average Bonchev–Trinajstić information content (AvgIpc) is 2.66. The van der Waals surface area contributed by atoms with Crippen molar-refractivity contribution in [1.29, 1.82) is 0 Å². The Morgan fingerprint density at radius 2 is 2.60 bits per heavy atom. The molecule has 0 amide bonds. The highest BCUT2D eigenvalue weighted by molar-refractivity contribution is 7.99. The Bertz CT molecular complexity index is 345. The van der Waals surface area contributed by atoms with E-state index in [0.717, 1.165) is 23.1 Å². The number of hydrogen-bond acceptors (Lipinski definition) is 5. The molecule has 15 heavy (non-hydrogen) atoms. The second kappa shape index (κ2) is 5.09. The summed E-state index contributed by atoms with van der Waals surface area (Å²) in [5.41, 5.74) is 0.634. The van der Waals surface area contributed by atoms with E-state index in [1.165, 1.54) is 11.3 Å². The van der Waals surface area contributed by atoms with Crippen LogP contribution in [0.4, 0.5) is 0 Å². The Labute approximate surface area is 97.7 Å². The minimum absolute atomic E-state index is 0.166. The first-order valence-electron chi connectivity index (χ1n) is 5.02. The molecule has 0 spiro atoms. The predicted molar refractivity (Wildman–Crippen MR) is 64.9 cm³/mol. The highest BCUT2D eigenvalue weighted by Gasteiger charge is 2.18. The topological polar surface area (TPSA) is 42.0 Å². The smallest absolute Gasteiger partial charge is 0.183 e. The summed E-state index contributed by atoms with van der Waals surface area (Å²) in [4.78, 5) is 16.0. The van der Waals surface area contributed by atoms with Gasteiger partial charge in [0, 0.05) is 35.9 Å². The van der Waals surface area contributed by atoms with Crippen molar-refractivity contribution < 1.29 is 4.79 Å². The minimum atomic E-state index is 0.166. The van der Waals surface area contributed by atoms with Gasteiger partial charge in [0.15, 0.2) is 5.78 Å². The zero-order valence-corrected chi connectivity index (χ0v) is 10.3. The van der Waals surface area contributed by atoms with Gasteiger partial charge in [-0.15, -0.1) is 11.3 Å². The van der Waals surface area contributed by atoms with Crippen molar-refractivity contribution in [3.63, 3.8) is 0 Å². The number of aromatic nitrogens is 1. The number of ketones is 1. The van der Waals surface area contributed by atoms with Gasteiger partial charge in [0.1, 0.15) is 5.69 Å². The number of carbonyl (C=O) groups is 1. The molecule has 82 valence electrons. The van der Waals surface area contributed by atoms with E-state index >= 15 is 0 Å². The van der Waals surface area contributed by atoms with Crippen LogP contribution in [-0.2, 0) is 0 Å². The van der Waals surface area contributed by atoms with Crippen molar-refractivity contribution in [2.75, 3.05) is 18.1 Å². The van der Waals surface area contributed by atoms with Crippen molar-refractivity contribution in [2.24, 2.45) is 0 Å². The molecular weight excluding hydrogens is 228 g/mol. The molecule has 0 aliphatic carbocycles. The van der Waals surface area contributed by atoms with Crippen LogP contribution < -0.4 is 5.32 Å². The molecule has 0 saturated carbocycles. The van der Waals surface area contributed by atoms with Crippen LogP contribution in [0.5, 0.6) is 0 Å². The lowest BCUT2D eigenvalue weighted by Crippen LogP contribution is -2.38. The fourth-order valence-electron chi connectivity index (χ4n) is 1.57. The molecule has 0 aromatic carbocycles. The van der Waals surface area contributed by atoms with Crippen LogP contribution in [0.2, 0.25) is 0 Å². The average molecular weight is 242 g/mol. The highest BCUT2D eigenvalue weighted by atomic mass is 32.2. The van der Waals surface area contributed by atoms with Crippen LogP contribution in [0, 0.1) is 6.92 Å². The maximum Gasteiger partial charge on any atom is 0.183 e. The molecule has 1 fully saturated rings. The molecule has 1 atom stereocenters. The fraction of sp³-hybridized carbons (Fsp3) is 0.600. The number of Topliss-reactive ketones (excluding diaryl/α,β-unsaturated/α-hetero) is 1. The number of aryl methyl sites for hydroxylation is 1. The molecule has 5 heteroatoms. The van der Waals surface area contributed by atoms with Crippen molar-refractivity contribution >= 4 is 28.9 Å². The van der Waals surface area contributed by atoms with E-state index in [0.29, 0.717) is 18.2 Å². The van der Waals surface area contributed by atoms with Crippen LogP contribution in [-0.4, -0.2) is 34.9 Å². The van der Waals surface area contributed by atoms with E-state index in [4.69, 9.17) is 0 Å². The summed E-state index contributed by atoms with van der Waals surface area (Å²) in [5, 5.41) is 6.18. The molecule has 1 aromatic heterocycles. The molecule has 1 unspecified atom stereocenters. The first kappa shape index (κ1) is 11.1. The standard InChI is InChI=1S/C10H14N2OS2/c1-7-12-9(6-15-7)10(13)4-8-5-14-3-2-11-8/h6,8,11H,2-5H2,1H3. The molecule has 1 aromatic rings. The number of nitrogens with zero attached hydrogens (tertiary/aromatic N) is 1. The largest absolute Gasteiger partial charge is 0.312 e. The molecular formula is C10H14N2OS2. The summed E-state index contributed by atoms with van der Waals surface area (Å²) < 4.78 is 0. The van der Waals surface area contributed by atoms with E-state index in [1.807, 2.05) is 24.1 Å². The van der Waals surface area contributed by atoms with E-state index < -0.39 is 0 Å². The minimum Gasteiger partial charge on any atom is -0.312 e. The summed E-state index contributed by atoms with van der Waals surface area (Å²) in [6.07, 6.45) is 0.580. The quantitative estimate of drug-likeness (QED) is 0.820. The number of nitrogens with one attached hydrogen (secondary N) is 1. The van der Waals surface area contributed by atoms with Gasteiger partial charge in [-0.3, -0.25) is 4.79 Å². The summed E-state index contributed by atoms with van der Waals surface area (Å²) in [7, 11) is 0. The Morgan fingerprint density at radius 1 is 1.73 bits per heavy atom. The summed E-state index contributed by atoms with van der Waals surface area (Å²) in [6.45, 7) is 2.94. The molecule has 0 radical (unpaired) electrons. The SMILES string of the molecule is Cc1nc(C(=O)CC2CSCCN2)cs1. The number of rotatable bonds is 3. The van der Waals surface area contributed by atoms with Gasteiger partial charge in [-0.1, -0.05) is 0 Å². The number of hydrogen-bond donors (Lipinski definition) is 1. The Kier molecular flexibility index (Phi) is 3.77. The number of thioether (sulfide) groups is 1. The van der Waals surface area contributed by atoms with Gasteiger partial charge in [-0.25, -0.2) is 4.98 Å². The highest BCUT2D eigenvalue weighted by Crippen LogP contribution is 2.15. The molecule has 0 bridgehead atoms. The van der Waals surface area contributed by atoms with Crippen molar-refractivity contribution in [3.8, 4) is 0 Å². The Balaban J connectivity index is 1.91. The van der Waals surface area contributed by atoms with Crippen molar-refractivity contribution in [1.82, 2.24) is 10.3 Å². The first-order chi connectivity index (χ1) is 7.25. The lowest BCUT2D eigenvalue weighted by molar-refractivity contribution is 0.0967. The van der Waals surface area contributed by atoms with Gasteiger partial charge < -0.3 is 5.32 Å². The lowest BCUT2D eigenvalue weighted by atomic mass is 10.1. The van der Waals surface area contributed by atoms with Crippen molar-refractivity contribution in [2.45, 2.75) is 19.4 Å². The molecule has 2 heterocycles. The summed E-state index contributed by atoms with van der Waals surface area (Å²) >= 11 is 3.45. The van der Waals surface area contributed by atoms with Crippen LogP contribution in [0.25, 0.3) is 0 Å². The zero-order chi connectivity index (χ0) is 10.7. The summed E-state index contributed by atoms with van der Waals surface area (Å²) in [6, 6.07) is 0.332. The van der Waals surface area contributed by atoms with E-state index in [2.05, 4.69) is 10.3 Å². The maximum atomic E-state index is 11.8. The second-order valence-corrected chi connectivity index (χ2v) is 5.82. The van der Waals surface area contributed by atoms with E-state index in [9.17, 15) is 4.79 Å². The Morgan fingerprint density at radius 3 is 3.20 bits per heavy atom. The third-order valence-corrected chi connectivity index (χ3v) is 4.24. The van der Waals surface area contributed by atoms with Crippen LogP contribution >= 0.6 is 23.1 Å². The third kappa shape index (κ3) is 3.03. The lowest BCUT2D eigenvalue weighted by Gasteiger charge is -2.21. The normalized spacial score (nSPS) is 21.5. The van der Waals surface area contributed by atoms with Gasteiger partial charge in [0.25, 0.3) is 0 Å². The van der Waals surface area contributed by atoms with Crippen LogP contribution in [0.15, 0.2) is 5.38 Å². The van der Waals surface area contributed by atoms with Crippen molar-refractivity contribution in [3.05, 3.63) is 16.1 Å². The van der Waals surface area contributed by atoms with Gasteiger partial charge in [0.05, 0.1) is 5.01 Å². The predicted octanol–water partition coefficient (Wildman–Crippen LogP) is 1.73. The molecule has 2 rings (SSSR count). The number of carbonyl (C=O) groups excluding carboxylic acids is 1. The van der Waals surface area contributed by atoms with Gasteiger partial charge in [-0.2, -0.15) is 11.8 Å². The monoisotopic (exact) mass is 242 g/mol. The molecule has 1 saturated heterocycles. The fourth-order valence-corrected chi connectivity index (χ4v) is 3.14. The third-order valence-electron chi connectivity index (χ3n) is 2.33. The molecule has 1 N–H and O–H groups in total. The van der Waals surface area contributed by atoms with E-state index in [1.54, 1.807) is 0 Å². The van der Waals surface area contributed by atoms with Gasteiger partial charge in [0.2, 0.25) is 0 Å². The van der Waals surface area contributed by atoms with Crippen LogP contribution in [0.3, 0.4) is 0 Å². The second-order valence-electron chi connectivity index (χ2n) is 3.61. The van der Waals surface area contributed by atoms with Gasteiger partial charge in [-0.05, 0) is 6.92 Å². The van der Waals surface area contributed by atoms with Gasteiger partial charge >= 0.3 is 0 Å². The van der Waals surface area contributed by atoms with Crippen LogP contribution in [0.1, 0.15) is 21.9 Å². The molecule has 3 nitrogen and oxygen atoms in total. The molecule has 1 aliphatic heterocycles.